The minimum Gasteiger partial charge on any atom is -0.369 e. The molecule has 16 heavy (non-hydrogen) atoms. The fourth-order valence-electron chi connectivity index (χ4n) is 1.87. The molecule has 0 bridgehead atoms. The highest BCUT2D eigenvalue weighted by atomic mass is 19.1. The number of rotatable bonds is 4. The number of amides is 1. The van der Waals surface area contributed by atoms with Crippen LogP contribution in [0.3, 0.4) is 0 Å². The van der Waals surface area contributed by atoms with E-state index in [1.165, 1.54) is 6.07 Å². The summed E-state index contributed by atoms with van der Waals surface area (Å²) in [5, 5.41) is 2.94. The largest absolute Gasteiger partial charge is 0.369 e. The molecule has 0 aromatic heterocycles. The van der Waals surface area contributed by atoms with Crippen molar-refractivity contribution in [3.63, 3.8) is 0 Å². The molecule has 0 aliphatic heterocycles. The molecule has 1 saturated carbocycles. The zero-order valence-electron chi connectivity index (χ0n) is 9.16. The summed E-state index contributed by atoms with van der Waals surface area (Å²) >= 11 is 0. The number of benzene rings is 1. The summed E-state index contributed by atoms with van der Waals surface area (Å²) < 4.78 is 13.5. The van der Waals surface area contributed by atoms with Gasteiger partial charge in [-0.2, -0.15) is 0 Å². The van der Waals surface area contributed by atoms with E-state index in [0.717, 1.165) is 12.8 Å². The summed E-state index contributed by atoms with van der Waals surface area (Å²) in [6.07, 6.45) is 1.92. The molecule has 1 unspecified atom stereocenters. The third kappa shape index (κ3) is 1.87. The van der Waals surface area contributed by atoms with E-state index < -0.39 is 11.4 Å². The topological polar surface area (TPSA) is 55.1 Å². The van der Waals surface area contributed by atoms with Crippen molar-refractivity contribution in [3.8, 4) is 0 Å². The van der Waals surface area contributed by atoms with Crippen LogP contribution in [0.15, 0.2) is 24.3 Å². The first-order chi connectivity index (χ1) is 7.54. The van der Waals surface area contributed by atoms with Crippen molar-refractivity contribution in [1.29, 1.82) is 0 Å². The highest BCUT2D eigenvalue weighted by molar-refractivity contribution is 5.88. The van der Waals surface area contributed by atoms with Crippen molar-refractivity contribution >= 4 is 11.6 Å². The summed E-state index contributed by atoms with van der Waals surface area (Å²) in [6, 6.07) is 6.30. The molecule has 1 fully saturated rings. The molecular formula is C12H15FN2O. The number of anilines is 1. The first-order valence-electron chi connectivity index (χ1n) is 5.36. The number of carbonyl (C=O) groups excluding carboxylic acids is 1. The standard InChI is InChI=1S/C12H15FN2O/c1-12(11(14)16,8-6-7-8)15-10-5-3-2-4-9(10)13/h2-5,8,15H,6-7H2,1H3,(H2,14,16). The van der Waals surface area contributed by atoms with Crippen LogP contribution < -0.4 is 11.1 Å². The Balaban J connectivity index is 2.24. The Morgan fingerprint density at radius 3 is 2.62 bits per heavy atom. The number of para-hydroxylation sites is 1. The van der Waals surface area contributed by atoms with Crippen LogP contribution in [0, 0.1) is 11.7 Å². The molecule has 0 spiro atoms. The van der Waals surface area contributed by atoms with E-state index in [9.17, 15) is 9.18 Å². The highest BCUT2D eigenvalue weighted by Crippen LogP contribution is 2.41. The van der Waals surface area contributed by atoms with E-state index in [1.807, 2.05) is 0 Å². The molecule has 3 N–H and O–H groups in total. The third-order valence-corrected chi connectivity index (χ3v) is 3.17. The second kappa shape index (κ2) is 3.77. The van der Waals surface area contributed by atoms with Crippen molar-refractivity contribution in [2.75, 3.05) is 5.32 Å². The zero-order chi connectivity index (χ0) is 11.8. The fourth-order valence-corrected chi connectivity index (χ4v) is 1.87. The predicted octanol–water partition coefficient (Wildman–Crippen LogP) is 1.89. The SMILES string of the molecule is CC(Nc1ccccc1F)(C(N)=O)C1CC1. The minimum absolute atomic E-state index is 0.213. The lowest BCUT2D eigenvalue weighted by Gasteiger charge is -2.28. The van der Waals surface area contributed by atoms with Crippen LogP contribution in [-0.2, 0) is 4.79 Å². The molecule has 3 nitrogen and oxygen atoms in total. The number of nitrogens with two attached hydrogens (primary N) is 1. The Morgan fingerprint density at radius 1 is 1.50 bits per heavy atom. The summed E-state index contributed by atoms with van der Waals surface area (Å²) in [7, 11) is 0. The van der Waals surface area contributed by atoms with Gasteiger partial charge in [0.1, 0.15) is 11.4 Å². The molecule has 1 aliphatic rings. The monoisotopic (exact) mass is 222 g/mol. The Hall–Kier alpha value is -1.58. The molecule has 1 aliphatic carbocycles. The Bertz CT molecular complexity index is 417. The fraction of sp³-hybridized carbons (Fsp3) is 0.417. The minimum atomic E-state index is -0.845. The van der Waals surface area contributed by atoms with Gasteiger partial charge in [0.25, 0.3) is 0 Å². The molecule has 1 atom stereocenters. The van der Waals surface area contributed by atoms with Crippen LogP contribution in [0.1, 0.15) is 19.8 Å². The highest BCUT2D eigenvalue weighted by Gasteiger charge is 2.46. The van der Waals surface area contributed by atoms with E-state index in [1.54, 1.807) is 25.1 Å². The van der Waals surface area contributed by atoms with Gasteiger partial charge >= 0.3 is 0 Å². The van der Waals surface area contributed by atoms with Gasteiger partial charge in [0.05, 0.1) is 5.69 Å². The number of hydrogen-bond donors (Lipinski definition) is 2. The normalized spacial score (nSPS) is 18.9. The van der Waals surface area contributed by atoms with E-state index in [2.05, 4.69) is 5.32 Å². The Morgan fingerprint density at radius 2 is 2.12 bits per heavy atom. The maximum absolute atomic E-state index is 13.5. The van der Waals surface area contributed by atoms with Gasteiger partial charge in [0, 0.05) is 0 Å². The molecule has 86 valence electrons. The van der Waals surface area contributed by atoms with Crippen LogP contribution in [0.4, 0.5) is 10.1 Å². The lowest BCUT2D eigenvalue weighted by atomic mass is 9.94. The van der Waals surface area contributed by atoms with Crippen LogP contribution >= 0.6 is 0 Å². The van der Waals surface area contributed by atoms with Gasteiger partial charge < -0.3 is 11.1 Å². The Labute approximate surface area is 93.8 Å². The van der Waals surface area contributed by atoms with Crippen molar-refractivity contribution in [1.82, 2.24) is 0 Å². The van der Waals surface area contributed by atoms with E-state index in [0.29, 0.717) is 5.69 Å². The van der Waals surface area contributed by atoms with Gasteiger partial charge in [-0.25, -0.2) is 4.39 Å². The lowest BCUT2D eigenvalue weighted by molar-refractivity contribution is -0.122. The molecule has 1 amide bonds. The number of nitrogens with one attached hydrogen (secondary N) is 1. The molecule has 2 rings (SSSR count). The van der Waals surface area contributed by atoms with Gasteiger partial charge in [0.15, 0.2) is 0 Å². The van der Waals surface area contributed by atoms with Crippen LogP contribution in [0.2, 0.25) is 0 Å². The van der Waals surface area contributed by atoms with E-state index >= 15 is 0 Å². The number of carbonyl (C=O) groups is 1. The van der Waals surface area contributed by atoms with Crippen LogP contribution in [0.25, 0.3) is 0 Å². The van der Waals surface area contributed by atoms with Gasteiger partial charge in [-0.15, -0.1) is 0 Å². The quantitative estimate of drug-likeness (QED) is 0.817. The number of primary amides is 1. The first kappa shape index (κ1) is 10.9. The number of hydrogen-bond acceptors (Lipinski definition) is 2. The van der Waals surface area contributed by atoms with E-state index in [4.69, 9.17) is 5.73 Å². The van der Waals surface area contributed by atoms with Gasteiger partial charge in [-0.3, -0.25) is 4.79 Å². The average molecular weight is 222 g/mol. The summed E-state index contributed by atoms with van der Waals surface area (Å²) in [4.78, 5) is 11.5. The maximum atomic E-state index is 13.5. The van der Waals surface area contributed by atoms with Crippen LogP contribution in [0.5, 0.6) is 0 Å². The first-order valence-corrected chi connectivity index (χ1v) is 5.36. The van der Waals surface area contributed by atoms with Gasteiger partial charge in [0.2, 0.25) is 5.91 Å². The van der Waals surface area contributed by atoms with Crippen molar-refractivity contribution in [2.24, 2.45) is 11.7 Å². The van der Waals surface area contributed by atoms with Gasteiger partial charge in [-0.1, -0.05) is 12.1 Å². The molecule has 1 aromatic carbocycles. The van der Waals surface area contributed by atoms with E-state index in [-0.39, 0.29) is 11.7 Å². The molecular weight excluding hydrogens is 207 g/mol. The molecule has 1 aromatic rings. The summed E-state index contributed by atoms with van der Waals surface area (Å²) in [6.45, 7) is 1.74. The van der Waals surface area contributed by atoms with Crippen LogP contribution in [-0.4, -0.2) is 11.4 Å². The number of halogens is 1. The maximum Gasteiger partial charge on any atom is 0.243 e. The predicted molar refractivity (Wildman–Crippen MR) is 60.3 cm³/mol. The van der Waals surface area contributed by atoms with Crippen molar-refractivity contribution in [3.05, 3.63) is 30.1 Å². The molecule has 0 saturated heterocycles. The van der Waals surface area contributed by atoms with Crippen molar-refractivity contribution < 1.29 is 9.18 Å². The Kier molecular flexibility index (Phi) is 2.58. The summed E-state index contributed by atoms with van der Waals surface area (Å²) in [5.74, 6) is -0.585. The lowest BCUT2D eigenvalue weighted by Crippen LogP contribution is -2.50. The second-order valence-corrected chi connectivity index (χ2v) is 4.45. The average Bonchev–Trinajstić information content (AvgIpc) is 3.04. The molecule has 4 heteroatoms. The summed E-state index contributed by atoms with van der Waals surface area (Å²) in [5.41, 5.74) is 4.87. The van der Waals surface area contributed by atoms with Gasteiger partial charge in [-0.05, 0) is 37.8 Å². The van der Waals surface area contributed by atoms with Crippen molar-refractivity contribution in [2.45, 2.75) is 25.3 Å². The second-order valence-electron chi connectivity index (χ2n) is 4.45. The molecule has 0 radical (unpaired) electrons. The third-order valence-electron chi connectivity index (χ3n) is 3.17. The molecule has 0 heterocycles. The smallest absolute Gasteiger partial charge is 0.243 e. The zero-order valence-corrected chi connectivity index (χ0v) is 9.16.